The maximum absolute atomic E-state index is 12.9. The van der Waals surface area contributed by atoms with Crippen molar-refractivity contribution in [2.24, 2.45) is 0 Å². The lowest BCUT2D eigenvalue weighted by molar-refractivity contribution is -0.137. The number of piperazine rings is 1. The molecule has 0 bridgehead atoms. The summed E-state index contributed by atoms with van der Waals surface area (Å²) in [5.41, 5.74) is 0.252. The molecule has 0 aliphatic carbocycles. The topological polar surface area (TPSA) is 35.6 Å². The zero-order valence-electron chi connectivity index (χ0n) is 15.3. The Balaban J connectivity index is 1.61. The number of carbonyl (C=O) groups is 1. The van der Waals surface area contributed by atoms with E-state index in [1.165, 1.54) is 0 Å². The summed E-state index contributed by atoms with van der Waals surface area (Å²) in [6.07, 6.45) is -4.50. The molecule has 0 saturated carbocycles. The minimum atomic E-state index is -4.50. The van der Waals surface area contributed by atoms with Gasteiger partial charge in [0, 0.05) is 31.9 Å². The maximum Gasteiger partial charge on any atom is 0.416 e. The van der Waals surface area contributed by atoms with E-state index in [9.17, 15) is 18.0 Å². The lowest BCUT2D eigenvalue weighted by Crippen LogP contribution is -2.52. The van der Waals surface area contributed by atoms with Crippen LogP contribution in [0.3, 0.4) is 0 Å². The van der Waals surface area contributed by atoms with E-state index in [4.69, 9.17) is 11.6 Å². The van der Waals surface area contributed by atoms with Crippen LogP contribution in [0.1, 0.15) is 12.5 Å². The van der Waals surface area contributed by atoms with Crippen molar-refractivity contribution in [1.82, 2.24) is 4.90 Å². The molecule has 2 aromatic rings. The van der Waals surface area contributed by atoms with E-state index in [0.717, 1.165) is 37.0 Å². The third kappa shape index (κ3) is 4.77. The van der Waals surface area contributed by atoms with Crippen molar-refractivity contribution in [1.29, 1.82) is 0 Å². The molecule has 0 unspecified atom stereocenters. The van der Waals surface area contributed by atoms with Gasteiger partial charge >= 0.3 is 6.18 Å². The fourth-order valence-electron chi connectivity index (χ4n) is 3.21. The quantitative estimate of drug-likeness (QED) is 0.804. The predicted molar refractivity (Wildman–Crippen MR) is 105 cm³/mol. The van der Waals surface area contributed by atoms with Crippen LogP contribution in [0, 0.1) is 0 Å². The van der Waals surface area contributed by atoms with Gasteiger partial charge in [0.25, 0.3) is 0 Å². The second-order valence-corrected chi connectivity index (χ2v) is 7.12. The average molecular weight is 412 g/mol. The van der Waals surface area contributed by atoms with E-state index in [2.05, 4.69) is 10.2 Å². The van der Waals surface area contributed by atoms with E-state index in [1.807, 2.05) is 35.2 Å². The Hall–Kier alpha value is -2.25. The first-order valence-electron chi connectivity index (χ1n) is 8.97. The molecule has 1 saturated heterocycles. The van der Waals surface area contributed by atoms with Gasteiger partial charge in [-0.3, -0.25) is 9.69 Å². The summed E-state index contributed by atoms with van der Waals surface area (Å²) in [7, 11) is 0. The molecule has 4 nitrogen and oxygen atoms in total. The fraction of sp³-hybridized carbons (Fsp3) is 0.350. The van der Waals surface area contributed by atoms with Crippen LogP contribution in [0.4, 0.5) is 24.5 Å². The highest BCUT2D eigenvalue weighted by molar-refractivity contribution is 6.33. The number of anilines is 2. The van der Waals surface area contributed by atoms with Gasteiger partial charge in [0.2, 0.25) is 5.91 Å². The molecule has 2 aromatic carbocycles. The molecule has 3 rings (SSSR count). The minimum absolute atomic E-state index is 0.0312. The molecule has 1 amide bonds. The molecular weight excluding hydrogens is 391 g/mol. The first kappa shape index (κ1) is 20.5. The summed E-state index contributed by atoms with van der Waals surface area (Å²) >= 11 is 5.97. The van der Waals surface area contributed by atoms with E-state index in [1.54, 1.807) is 6.92 Å². The van der Waals surface area contributed by atoms with Gasteiger partial charge < -0.3 is 10.2 Å². The number of hydrogen-bond donors (Lipinski definition) is 1. The molecule has 8 heteroatoms. The number of halogens is 4. The lowest BCUT2D eigenvalue weighted by atomic mass is 10.1. The third-order valence-corrected chi connectivity index (χ3v) is 5.24. The summed E-state index contributed by atoms with van der Waals surface area (Å²) in [5, 5.41) is 2.61. The Labute approximate surface area is 166 Å². The number of hydrogen-bond acceptors (Lipinski definition) is 3. The molecule has 1 heterocycles. The molecule has 28 heavy (non-hydrogen) atoms. The van der Waals surface area contributed by atoms with Gasteiger partial charge in [-0.25, -0.2) is 0 Å². The normalized spacial score (nSPS) is 16.7. The maximum atomic E-state index is 12.9. The van der Waals surface area contributed by atoms with Gasteiger partial charge in [0.1, 0.15) is 0 Å². The second kappa shape index (κ2) is 8.41. The smallest absolute Gasteiger partial charge is 0.369 e. The van der Waals surface area contributed by atoms with Crippen molar-refractivity contribution >= 4 is 28.9 Å². The highest BCUT2D eigenvalue weighted by Gasteiger charge is 2.32. The molecule has 0 radical (unpaired) electrons. The van der Waals surface area contributed by atoms with Gasteiger partial charge in [-0.2, -0.15) is 13.2 Å². The van der Waals surface area contributed by atoms with Crippen molar-refractivity contribution < 1.29 is 18.0 Å². The largest absolute Gasteiger partial charge is 0.416 e. The number of para-hydroxylation sites is 1. The zero-order valence-corrected chi connectivity index (χ0v) is 16.1. The molecule has 1 atom stereocenters. The summed E-state index contributed by atoms with van der Waals surface area (Å²) in [6, 6.07) is 12.4. The monoisotopic (exact) mass is 411 g/mol. The van der Waals surface area contributed by atoms with Crippen LogP contribution in [-0.2, 0) is 11.0 Å². The predicted octanol–water partition coefficient (Wildman–Crippen LogP) is 4.51. The van der Waals surface area contributed by atoms with E-state index in [-0.39, 0.29) is 16.6 Å². The molecule has 1 fully saturated rings. The standard InChI is InChI=1S/C20H21ClF3N3O/c1-14(26-9-11-27(12-10-26)16-5-3-2-4-6-16)19(28)25-18-13-15(20(22,23)24)7-8-17(18)21/h2-8,13-14H,9-12H2,1H3,(H,25,28)/t14-/m1/s1. The van der Waals surface area contributed by atoms with Crippen LogP contribution >= 0.6 is 11.6 Å². The Kier molecular flexibility index (Phi) is 6.15. The molecular formula is C20H21ClF3N3O. The molecule has 1 aliphatic heterocycles. The Morgan fingerprint density at radius 2 is 1.71 bits per heavy atom. The molecule has 0 spiro atoms. The van der Waals surface area contributed by atoms with E-state index >= 15 is 0 Å². The van der Waals surface area contributed by atoms with Crippen molar-refractivity contribution in [3.63, 3.8) is 0 Å². The van der Waals surface area contributed by atoms with Crippen molar-refractivity contribution in [2.45, 2.75) is 19.1 Å². The van der Waals surface area contributed by atoms with Gasteiger partial charge in [0.15, 0.2) is 0 Å². The Morgan fingerprint density at radius 1 is 1.07 bits per heavy atom. The number of carbonyl (C=O) groups excluding carboxylic acids is 1. The van der Waals surface area contributed by atoms with Crippen molar-refractivity contribution in [3.05, 3.63) is 59.1 Å². The number of nitrogens with zero attached hydrogens (tertiary/aromatic N) is 2. The van der Waals surface area contributed by atoms with Crippen LogP contribution in [0.2, 0.25) is 5.02 Å². The molecule has 150 valence electrons. The average Bonchev–Trinajstić information content (AvgIpc) is 2.69. The molecule has 1 N–H and O–H groups in total. The first-order valence-corrected chi connectivity index (χ1v) is 9.35. The SMILES string of the molecule is C[C@H](C(=O)Nc1cc(C(F)(F)F)ccc1Cl)N1CCN(c2ccccc2)CC1. The molecule has 0 aromatic heterocycles. The van der Waals surface area contributed by atoms with Gasteiger partial charge in [-0.15, -0.1) is 0 Å². The fourth-order valence-corrected chi connectivity index (χ4v) is 3.37. The summed E-state index contributed by atoms with van der Waals surface area (Å²) in [6.45, 7) is 4.65. The van der Waals surface area contributed by atoms with Gasteiger partial charge in [-0.1, -0.05) is 29.8 Å². The zero-order chi connectivity index (χ0) is 20.3. The lowest BCUT2D eigenvalue weighted by Gasteiger charge is -2.38. The number of nitrogens with one attached hydrogen (secondary N) is 1. The first-order chi connectivity index (χ1) is 13.3. The third-order valence-electron chi connectivity index (χ3n) is 4.91. The second-order valence-electron chi connectivity index (χ2n) is 6.72. The number of rotatable bonds is 4. The minimum Gasteiger partial charge on any atom is -0.369 e. The summed E-state index contributed by atoms with van der Waals surface area (Å²) in [5.74, 6) is -0.380. The van der Waals surface area contributed by atoms with Gasteiger partial charge in [0.05, 0.1) is 22.3 Å². The van der Waals surface area contributed by atoms with E-state index in [0.29, 0.717) is 13.1 Å². The number of amides is 1. The summed E-state index contributed by atoms with van der Waals surface area (Å²) < 4.78 is 38.7. The summed E-state index contributed by atoms with van der Waals surface area (Å²) in [4.78, 5) is 16.8. The Bertz CT molecular complexity index is 821. The van der Waals surface area contributed by atoms with Crippen LogP contribution in [-0.4, -0.2) is 43.0 Å². The van der Waals surface area contributed by atoms with E-state index < -0.39 is 17.8 Å². The highest BCUT2D eigenvalue weighted by Crippen LogP contribution is 2.34. The number of benzene rings is 2. The molecule has 1 aliphatic rings. The van der Waals surface area contributed by atoms with Crippen LogP contribution in [0.5, 0.6) is 0 Å². The van der Waals surface area contributed by atoms with Crippen molar-refractivity contribution in [2.75, 3.05) is 36.4 Å². The Morgan fingerprint density at radius 3 is 2.32 bits per heavy atom. The van der Waals surface area contributed by atoms with Gasteiger partial charge in [-0.05, 0) is 37.3 Å². The highest BCUT2D eigenvalue weighted by atomic mass is 35.5. The van der Waals surface area contributed by atoms with Crippen LogP contribution in [0.25, 0.3) is 0 Å². The van der Waals surface area contributed by atoms with Crippen LogP contribution in [0.15, 0.2) is 48.5 Å². The number of alkyl halides is 3. The van der Waals surface area contributed by atoms with Crippen molar-refractivity contribution in [3.8, 4) is 0 Å². The van der Waals surface area contributed by atoms with Crippen LogP contribution < -0.4 is 10.2 Å².